The molecule has 0 aromatic carbocycles. The van der Waals surface area contributed by atoms with Gasteiger partial charge in [-0.05, 0) is 32.1 Å². The van der Waals surface area contributed by atoms with Crippen LogP contribution in [0.25, 0.3) is 0 Å². The molecule has 0 atom stereocenters. The second kappa shape index (κ2) is 8.99. The molecule has 0 aromatic rings. The summed E-state index contributed by atoms with van der Waals surface area (Å²) in [7, 11) is 0. The zero-order chi connectivity index (χ0) is 14.2. The Labute approximate surface area is 123 Å². The van der Waals surface area contributed by atoms with Crippen molar-refractivity contribution in [2.45, 2.75) is 83.6 Å². The lowest BCUT2D eigenvalue weighted by Crippen LogP contribution is -2.38. The molecule has 0 N–H and O–H groups in total. The van der Waals surface area contributed by atoms with Gasteiger partial charge in [-0.25, -0.2) is 4.39 Å². The lowest BCUT2D eigenvalue weighted by molar-refractivity contribution is -0.230. The highest BCUT2D eigenvalue weighted by molar-refractivity contribution is 4.76. The van der Waals surface area contributed by atoms with Crippen molar-refractivity contribution in [3.05, 3.63) is 0 Å². The van der Waals surface area contributed by atoms with E-state index in [1.54, 1.807) is 0 Å². The lowest BCUT2D eigenvalue weighted by atomic mass is 9.87. The van der Waals surface area contributed by atoms with E-state index in [0.29, 0.717) is 24.7 Å². The summed E-state index contributed by atoms with van der Waals surface area (Å²) in [5, 5.41) is 0. The van der Waals surface area contributed by atoms with Crippen LogP contribution in [-0.2, 0) is 9.47 Å². The maximum absolute atomic E-state index is 13.1. The van der Waals surface area contributed by atoms with E-state index in [1.165, 1.54) is 38.5 Å². The van der Waals surface area contributed by atoms with Crippen LogP contribution in [0.15, 0.2) is 0 Å². The average Bonchev–Trinajstić information content (AvgIpc) is 2.49. The van der Waals surface area contributed by atoms with Crippen molar-refractivity contribution >= 4 is 0 Å². The van der Waals surface area contributed by atoms with Gasteiger partial charge in [0.1, 0.15) is 6.17 Å². The molecule has 3 heteroatoms. The van der Waals surface area contributed by atoms with E-state index in [-0.39, 0.29) is 6.29 Å². The Morgan fingerprint density at radius 1 is 0.900 bits per heavy atom. The Hall–Kier alpha value is -0.150. The highest BCUT2D eigenvalue weighted by Gasteiger charge is 2.32. The number of hydrogen-bond acceptors (Lipinski definition) is 2. The summed E-state index contributed by atoms with van der Waals surface area (Å²) in [4.78, 5) is 0. The fraction of sp³-hybridized carbons (Fsp3) is 1.00. The van der Waals surface area contributed by atoms with Crippen molar-refractivity contribution in [3.8, 4) is 0 Å². The van der Waals surface area contributed by atoms with E-state index in [0.717, 1.165) is 26.1 Å². The van der Waals surface area contributed by atoms with Gasteiger partial charge in [0.2, 0.25) is 0 Å². The minimum atomic E-state index is -0.592. The molecule has 2 aliphatic rings. The molecule has 1 aliphatic carbocycles. The SMILES string of the molecule is CCCCCCCC1COC(C2CCC(F)CC2)OC1. The molecule has 1 saturated carbocycles. The Bertz CT molecular complexity index is 243. The van der Waals surface area contributed by atoms with Crippen molar-refractivity contribution in [1.82, 2.24) is 0 Å². The molecule has 2 rings (SSSR count). The van der Waals surface area contributed by atoms with Gasteiger partial charge in [0.15, 0.2) is 6.29 Å². The van der Waals surface area contributed by atoms with E-state index < -0.39 is 6.17 Å². The molecule has 0 amide bonds. The van der Waals surface area contributed by atoms with E-state index in [9.17, 15) is 4.39 Å². The standard InChI is InChI=1S/C17H31FO2/c1-2-3-4-5-6-7-14-12-19-17(20-13-14)15-8-10-16(18)11-9-15/h14-17H,2-13H2,1H3. The Balaban J connectivity index is 1.55. The maximum Gasteiger partial charge on any atom is 0.160 e. The summed E-state index contributed by atoms with van der Waals surface area (Å²) in [5.41, 5.74) is 0. The molecule has 1 aliphatic heterocycles. The van der Waals surface area contributed by atoms with E-state index in [2.05, 4.69) is 6.92 Å². The molecule has 1 heterocycles. The third-order valence-electron chi connectivity index (χ3n) is 4.79. The van der Waals surface area contributed by atoms with Gasteiger partial charge in [0.05, 0.1) is 13.2 Å². The zero-order valence-electron chi connectivity index (χ0n) is 13.0. The molecule has 2 fully saturated rings. The summed E-state index contributed by atoms with van der Waals surface area (Å²) in [6, 6.07) is 0. The normalized spacial score (nSPS) is 35.1. The van der Waals surface area contributed by atoms with Crippen molar-refractivity contribution < 1.29 is 13.9 Å². The van der Waals surface area contributed by atoms with Gasteiger partial charge in [0, 0.05) is 11.8 Å². The summed E-state index contributed by atoms with van der Waals surface area (Å²) < 4.78 is 24.9. The molecule has 0 aromatic heterocycles. The van der Waals surface area contributed by atoms with Crippen molar-refractivity contribution in [2.75, 3.05) is 13.2 Å². The third-order valence-corrected chi connectivity index (χ3v) is 4.79. The Kier molecular flexibility index (Phi) is 7.29. The van der Waals surface area contributed by atoms with Crippen LogP contribution in [0, 0.1) is 11.8 Å². The molecule has 118 valence electrons. The van der Waals surface area contributed by atoms with Gasteiger partial charge in [-0.15, -0.1) is 0 Å². The number of ether oxygens (including phenoxy) is 2. The molecular weight excluding hydrogens is 255 g/mol. The van der Waals surface area contributed by atoms with Gasteiger partial charge < -0.3 is 9.47 Å². The largest absolute Gasteiger partial charge is 0.352 e. The smallest absolute Gasteiger partial charge is 0.160 e. The Morgan fingerprint density at radius 2 is 1.55 bits per heavy atom. The average molecular weight is 286 g/mol. The van der Waals surface area contributed by atoms with Crippen molar-refractivity contribution in [3.63, 3.8) is 0 Å². The third kappa shape index (κ3) is 5.33. The topological polar surface area (TPSA) is 18.5 Å². The van der Waals surface area contributed by atoms with Crippen LogP contribution >= 0.6 is 0 Å². The first-order valence-corrected chi connectivity index (χ1v) is 8.67. The lowest BCUT2D eigenvalue weighted by Gasteiger charge is -2.36. The van der Waals surface area contributed by atoms with E-state index in [1.807, 2.05) is 0 Å². The summed E-state index contributed by atoms with van der Waals surface area (Å²) in [6.07, 6.45) is 10.5. The van der Waals surface area contributed by atoms with E-state index in [4.69, 9.17) is 9.47 Å². The molecule has 20 heavy (non-hydrogen) atoms. The fourth-order valence-corrected chi connectivity index (χ4v) is 3.38. The summed E-state index contributed by atoms with van der Waals surface area (Å²) in [5.74, 6) is 0.998. The molecule has 0 bridgehead atoms. The second-order valence-corrected chi connectivity index (χ2v) is 6.62. The minimum absolute atomic E-state index is 0.0566. The van der Waals surface area contributed by atoms with Gasteiger partial charge in [-0.3, -0.25) is 0 Å². The number of alkyl halides is 1. The minimum Gasteiger partial charge on any atom is -0.352 e. The van der Waals surface area contributed by atoms with Crippen LogP contribution in [0.4, 0.5) is 4.39 Å². The first-order valence-electron chi connectivity index (χ1n) is 8.67. The van der Waals surface area contributed by atoms with Crippen LogP contribution in [0.5, 0.6) is 0 Å². The van der Waals surface area contributed by atoms with Crippen LogP contribution in [-0.4, -0.2) is 25.7 Å². The highest BCUT2D eigenvalue weighted by Crippen LogP contribution is 2.32. The number of halogens is 1. The molecular formula is C17H31FO2. The van der Waals surface area contributed by atoms with Crippen molar-refractivity contribution in [1.29, 1.82) is 0 Å². The number of hydrogen-bond donors (Lipinski definition) is 0. The van der Waals surface area contributed by atoms with Gasteiger partial charge in [-0.2, -0.15) is 0 Å². The van der Waals surface area contributed by atoms with Gasteiger partial charge >= 0.3 is 0 Å². The van der Waals surface area contributed by atoms with Crippen LogP contribution in [0.3, 0.4) is 0 Å². The number of unbranched alkanes of at least 4 members (excludes halogenated alkanes) is 4. The predicted molar refractivity (Wildman–Crippen MR) is 79.4 cm³/mol. The first kappa shape index (κ1) is 16.2. The monoisotopic (exact) mass is 286 g/mol. The highest BCUT2D eigenvalue weighted by atomic mass is 19.1. The Morgan fingerprint density at radius 3 is 2.20 bits per heavy atom. The molecule has 1 saturated heterocycles. The quantitative estimate of drug-likeness (QED) is 0.622. The maximum atomic E-state index is 13.1. The molecule has 2 nitrogen and oxygen atoms in total. The first-order chi connectivity index (χ1) is 9.79. The fourth-order valence-electron chi connectivity index (χ4n) is 3.38. The van der Waals surface area contributed by atoms with Crippen LogP contribution in [0.1, 0.15) is 71.1 Å². The summed E-state index contributed by atoms with van der Waals surface area (Å²) in [6.45, 7) is 3.93. The van der Waals surface area contributed by atoms with Gasteiger partial charge in [-0.1, -0.05) is 39.0 Å². The molecule has 0 unspecified atom stereocenters. The molecule has 0 spiro atoms. The predicted octanol–water partition coefficient (Wildman–Crippen LogP) is 4.86. The van der Waals surface area contributed by atoms with Crippen LogP contribution < -0.4 is 0 Å². The van der Waals surface area contributed by atoms with Crippen LogP contribution in [0.2, 0.25) is 0 Å². The number of rotatable bonds is 7. The van der Waals surface area contributed by atoms with E-state index >= 15 is 0 Å². The molecule has 0 radical (unpaired) electrons. The summed E-state index contributed by atoms with van der Waals surface area (Å²) >= 11 is 0. The zero-order valence-corrected chi connectivity index (χ0v) is 13.0. The van der Waals surface area contributed by atoms with Gasteiger partial charge in [0.25, 0.3) is 0 Å². The van der Waals surface area contributed by atoms with Crippen molar-refractivity contribution in [2.24, 2.45) is 11.8 Å². The second-order valence-electron chi connectivity index (χ2n) is 6.62.